The Bertz CT molecular complexity index is 4020. The first kappa shape index (κ1) is 37.0. The molecule has 0 saturated carbocycles. The molecule has 4 nitrogen and oxygen atoms in total. The standard InChI is InChI=1S/C62H43BN4/c1-36-24-30-54-52(32-36)58-61(64(54)3)66(38-26-28-48-44-18-7-5-14-40(44)42-16-9-11-20-46(42)50(48)34-38)56-22-13-23-57-60(56)63(58)59-53-33-37(2)25-31-55(53)65(4)62(59)67(57)39-27-29-49-45-19-8-6-15-41(45)43-17-10-12-21-47(43)51(49)35-39/h5-35H,1-4H3. The van der Waals surface area contributed by atoms with Crippen LogP contribution in [0.3, 0.4) is 0 Å². The van der Waals surface area contributed by atoms with Crippen LogP contribution in [-0.2, 0) is 14.1 Å². The van der Waals surface area contributed by atoms with Gasteiger partial charge in [-0.05, 0) is 154 Å². The maximum absolute atomic E-state index is 2.59. The van der Waals surface area contributed by atoms with Gasteiger partial charge in [0.05, 0.1) is 0 Å². The minimum absolute atomic E-state index is 0.0323. The number of benzene rings is 11. The van der Waals surface area contributed by atoms with Crippen molar-refractivity contribution in [3.63, 3.8) is 0 Å². The Morgan fingerprint density at radius 3 is 1.01 bits per heavy atom. The third-order valence-corrected chi connectivity index (χ3v) is 15.5. The number of hydrogen-bond donors (Lipinski definition) is 0. The second-order valence-electron chi connectivity index (χ2n) is 19.1. The Labute approximate surface area is 388 Å². The summed E-state index contributed by atoms with van der Waals surface area (Å²) in [5.41, 5.74) is 13.8. The minimum Gasteiger partial charge on any atom is -0.330 e. The summed E-state index contributed by atoms with van der Waals surface area (Å²) >= 11 is 0. The SMILES string of the molecule is Cc1ccc2c(c1)c1c(n2C)N(c2ccc3c4ccccc4c4ccccc4c3c2)c2cccc3c2B1c1c(n(C)c2ccc(C)cc12)N3c1ccc2c3ccccc3c3ccccc3c2c1. The molecule has 0 bridgehead atoms. The maximum atomic E-state index is 2.59. The molecule has 67 heavy (non-hydrogen) atoms. The van der Waals surface area contributed by atoms with Gasteiger partial charge in [-0.2, -0.15) is 0 Å². The van der Waals surface area contributed by atoms with E-state index in [1.807, 2.05) is 0 Å². The molecule has 15 rings (SSSR count). The third kappa shape index (κ3) is 4.78. The normalized spacial score (nSPS) is 13.3. The Morgan fingerprint density at radius 2 is 0.642 bits per heavy atom. The van der Waals surface area contributed by atoms with E-state index in [4.69, 9.17) is 0 Å². The van der Waals surface area contributed by atoms with Gasteiger partial charge in [0, 0.05) is 47.9 Å². The highest BCUT2D eigenvalue weighted by atomic mass is 15.3. The molecule has 2 aromatic heterocycles. The molecule has 4 heterocycles. The molecule has 0 unspecified atom stereocenters. The molecule has 13 aromatic rings. The van der Waals surface area contributed by atoms with Gasteiger partial charge < -0.3 is 9.13 Å². The summed E-state index contributed by atoms with van der Waals surface area (Å²) in [6.07, 6.45) is 0. The van der Waals surface area contributed by atoms with Crippen molar-refractivity contribution >= 4 is 144 Å². The summed E-state index contributed by atoms with van der Waals surface area (Å²) in [6.45, 7) is 4.44. The third-order valence-electron chi connectivity index (χ3n) is 15.5. The van der Waals surface area contributed by atoms with Crippen LogP contribution in [0.1, 0.15) is 11.1 Å². The van der Waals surface area contributed by atoms with Gasteiger partial charge >= 0.3 is 0 Å². The molecule has 314 valence electrons. The lowest BCUT2D eigenvalue weighted by molar-refractivity contribution is 0.945. The molecule has 0 amide bonds. The van der Waals surface area contributed by atoms with Crippen LogP contribution in [0.5, 0.6) is 0 Å². The summed E-state index contributed by atoms with van der Waals surface area (Å²) < 4.78 is 4.92. The van der Waals surface area contributed by atoms with E-state index < -0.39 is 0 Å². The molecule has 0 fully saturated rings. The first-order valence-corrected chi connectivity index (χ1v) is 23.5. The van der Waals surface area contributed by atoms with Crippen molar-refractivity contribution in [3.05, 3.63) is 199 Å². The molecular formula is C62H43BN4. The molecule has 0 N–H and O–H groups in total. The first-order chi connectivity index (χ1) is 32.9. The van der Waals surface area contributed by atoms with E-state index in [0.717, 1.165) is 11.4 Å². The lowest BCUT2D eigenvalue weighted by atomic mass is 9.33. The zero-order valence-electron chi connectivity index (χ0n) is 37.8. The fraction of sp³-hybridized carbons (Fsp3) is 0.0645. The largest absolute Gasteiger partial charge is 0.330 e. The molecular weight excluding hydrogens is 812 g/mol. The Kier molecular flexibility index (Phi) is 7.28. The van der Waals surface area contributed by atoms with Crippen LogP contribution in [0, 0.1) is 13.8 Å². The quantitative estimate of drug-likeness (QED) is 0.127. The maximum Gasteiger partial charge on any atom is 0.257 e. The van der Waals surface area contributed by atoms with Gasteiger partial charge in [-0.1, -0.05) is 151 Å². The second-order valence-corrected chi connectivity index (χ2v) is 19.1. The number of anilines is 6. The van der Waals surface area contributed by atoms with Crippen LogP contribution < -0.4 is 26.2 Å². The summed E-state index contributed by atoms with van der Waals surface area (Å²) in [6, 6.07) is 71.1. The lowest BCUT2D eigenvalue weighted by Crippen LogP contribution is -2.61. The fourth-order valence-corrected chi connectivity index (χ4v) is 12.7. The molecule has 2 aliphatic heterocycles. The van der Waals surface area contributed by atoms with Crippen LogP contribution >= 0.6 is 0 Å². The molecule has 0 aliphatic carbocycles. The van der Waals surface area contributed by atoms with Crippen molar-refractivity contribution in [2.45, 2.75) is 13.8 Å². The van der Waals surface area contributed by atoms with Crippen molar-refractivity contribution in [2.75, 3.05) is 9.80 Å². The van der Waals surface area contributed by atoms with E-state index in [1.165, 1.54) is 137 Å². The summed E-state index contributed by atoms with van der Waals surface area (Å²) in [4.78, 5) is 5.17. The van der Waals surface area contributed by atoms with E-state index in [1.54, 1.807) is 0 Å². The fourth-order valence-electron chi connectivity index (χ4n) is 12.7. The van der Waals surface area contributed by atoms with Crippen molar-refractivity contribution in [3.8, 4) is 0 Å². The number of rotatable bonds is 2. The van der Waals surface area contributed by atoms with E-state index in [2.05, 4.69) is 235 Å². The molecule has 0 saturated heterocycles. The van der Waals surface area contributed by atoms with E-state index in [9.17, 15) is 0 Å². The van der Waals surface area contributed by atoms with Gasteiger partial charge in [0.2, 0.25) is 0 Å². The van der Waals surface area contributed by atoms with Crippen molar-refractivity contribution in [2.24, 2.45) is 14.1 Å². The molecule has 0 radical (unpaired) electrons. The van der Waals surface area contributed by atoms with Crippen LogP contribution in [0.15, 0.2) is 188 Å². The second kappa shape index (κ2) is 13.2. The van der Waals surface area contributed by atoms with Crippen LogP contribution in [0.25, 0.3) is 86.4 Å². The number of nitrogens with zero attached hydrogens (tertiary/aromatic N) is 4. The molecule has 11 aromatic carbocycles. The number of aryl methyl sites for hydroxylation is 4. The first-order valence-electron chi connectivity index (χ1n) is 23.5. The highest BCUT2D eigenvalue weighted by Gasteiger charge is 2.48. The number of hydrogen-bond acceptors (Lipinski definition) is 2. The molecule has 5 heteroatoms. The van der Waals surface area contributed by atoms with Crippen molar-refractivity contribution in [1.29, 1.82) is 0 Å². The summed E-state index contributed by atoms with van der Waals surface area (Å²) in [5.74, 6) is 2.43. The van der Waals surface area contributed by atoms with Gasteiger partial charge in [-0.25, -0.2) is 0 Å². The van der Waals surface area contributed by atoms with Gasteiger partial charge in [0.15, 0.2) is 0 Å². The van der Waals surface area contributed by atoms with Gasteiger partial charge in [-0.15, -0.1) is 0 Å². The Morgan fingerprint density at radius 1 is 0.299 bits per heavy atom. The Hall–Kier alpha value is -8.28. The summed E-state index contributed by atoms with van der Waals surface area (Å²) in [7, 11) is 4.55. The average molecular weight is 855 g/mol. The zero-order chi connectivity index (χ0) is 44.4. The van der Waals surface area contributed by atoms with Gasteiger partial charge in [0.1, 0.15) is 11.6 Å². The number of aromatic nitrogens is 2. The highest BCUT2D eigenvalue weighted by Crippen LogP contribution is 2.49. The smallest absolute Gasteiger partial charge is 0.257 e. The van der Waals surface area contributed by atoms with Crippen LogP contribution in [0.4, 0.5) is 34.4 Å². The van der Waals surface area contributed by atoms with E-state index in [-0.39, 0.29) is 6.71 Å². The molecule has 2 aliphatic rings. The monoisotopic (exact) mass is 854 g/mol. The number of fused-ring (bicyclic) bond motifs is 20. The zero-order valence-corrected chi connectivity index (χ0v) is 37.8. The van der Waals surface area contributed by atoms with Crippen molar-refractivity contribution in [1.82, 2.24) is 9.13 Å². The van der Waals surface area contributed by atoms with E-state index >= 15 is 0 Å². The topological polar surface area (TPSA) is 16.3 Å². The predicted molar refractivity (Wildman–Crippen MR) is 288 cm³/mol. The lowest BCUT2D eigenvalue weighted by Gasteiger charge is -2.43. The predicted octanol–water partition coefficient (Wildman–Crippen LogP) is 14.3. The molecule has 0 spiro atoms. The van der Waals surface area contributed by atoms with Crippen molar-refractivity contribution < 1.29 is 0 Å². The highest BCUT2D eigenvalue weighted by molar-refractivity contribution is 7.03. The molecule has 0 atom stereocenters. The Balaban J connectivity index is 1.08. The van der Waals surface area contributed by atoms with Crippen LogP contribution in [-0.4, -0.2) is 15.8 Å². The van der Waals surface area contributed by atoms with Gasteiger partial charge in [-0.3, -0.25) is 9.80 Å². The van der Waals surface area contributed by atoms with Gasteiger partial charge in [0.25, 0.3) is 6.71 Å². The minimum atomic E-state index is -0.0323. The van der Waals surface area contributed by atoms with Crippen LogP contribution in [0.2, 0.25) is 0 Å². The van der Waals surface area contributed by atoms with E-state index in [0.29, 0.717) is 0 Å². The average Bonchev–Trinajstić information content (AvgIpc) is 3.82. The summed E-state index contributed by atoms with van der Waals surface area (Å²) in [5, 5.41) is 17.9.